The quantitative estimate of drug-likeness (QED) is 0.0223. The standard InChI is InChI=1S/C46H77NO7/c1-6-8-10-12-14-16-18-19-20-21-22-23-24-25-27-28-30-32-34-36-44(48)53-41-42(40-52-39-38-43(46(50)51)47(3,4)5)54-45(49)37-35-33-31-29-26-17-15-13-11-9-7-2/h8,10,13-17,19-20,22-23,26,42-43H,6-7,9,11-12,18,21,24-25,27-41H2,1-5H3/p+1/b10-8+,15-13+,16-14+,20-19+,23-22+,26-17+. The average molecular weight is 757 g/mol. The summed E-state index contributed by atoms with van der Waals surface area (Å²) in [4.78, 5) is 36.9. The van der Waals surface area contributed by atoms with Gasteiger partial charge in [-0.05, 0) is 70.6 Å². The lowest BCUT2D eigenvalue weighted by Crippen LogP contribution is -2.50. The molecule has 0 aromatic rings. The number of unbranched alkanes of at least 4 members (excludes halogenated alkanes) is 11. The van der Waals surface area contributed by atoms with E-state index in [1.54, 1.807) is 0 Å². The smallest absolute Gasteiger partial charge is 0.362 e. The number of esters is 2. The fourth-order valence-corrected chi connectivity index (χ4v) is 5.59. The van der Waals surface area contributed by atoms with E-state index in [2.05, 4.69) is 86.8 Å². The topological polar surface area (TPSA) is 99.1 Å². The molecule has 2 atom stereocenters. The largest absolute Gasteiger partial charge is 0.477 e. The molecular formula is C46H78NO7+. The SMILES string of the molecule is CC/C=C/C/C=C/C/C=C/C/C=C/CCCCCCCCC(=O)OCC(COCCC(C(=O)O)[N+](C)(C)C)OC(=O)CCCCC/C=C/C=C/CCCC. The third-order valence-electron chi connectivity index (χ3n) is 8.87. The zero-order valence-electron chi connectivity index (χ0n) is 34.9. The van der Waals surface area contributed by atoms with Crippen molar-refractivity contribution in [3.05, 3.63) is 72.9 Å². The number of allylic oxidation sites excluding steroid dienone is 12. The predicted octanol–water partition coefficient (Wildman–Crippen LogP) is 11.2. The average Bonchev–Trinajstić information content (AvgIpc) is 3.12. The van der Waals surface area contributed by atoms with Crippen molar-refractivity contribution in [2.24, 2.45) is 0 Å². The number of rotatable bonds is 36. The second-order valence-electron chi connectivity index (χ2n) is 14.9. The molecule has 0 aliphatic rings. The summed E-state index contributed by atoms with van der Waals surface area (Å²) < 4.78 is 17.2. The second kappa shape index (κ2) is 36.7. The molecule has 0 aromatic heterocycles. The summed E-state index contributed by atoms with van der Waals surface area (Å²) in [7, 11) is 5.50. The van der Waals surface area contributed by atoms with Crippen molar-refractivity contribution in [3.63, 3.8) is 0 Å². The highest BCUT2D eigenvalue weighted by Gasteiger charge is 2.31. The van der Waals surface area contributed by atoms with Crippen molar-refractivity contribution in [2.45, 2.75) is 161 Å². The lowest BCUT2D eigenvalue weighted by Gasteiger charge is -2.31. The van der Waals surface area contributed by atoms with Gasteiger partial charge in [0, 0.05) is 19.3 Å². The molecule has 0 bridgehead atoms. The van der Waals surface area contributed by atoms with Crippen LogP contribution in [0.1, 0.15) is 149 Å². The molecular weight excluding hydrogens is 679 g/mol. The molecule has 0 saturated heterocycles. The maximum Gasteiger partial charge on any atom is 0.362 e. The van der Waals surface area contributed by atoms with Crippen LogP contribution in [0.25, 0.3) is 0 Å². The van der Waals surface area contributed by atoms with Crippen molar-refractivity contribution in [3.8, 4) is 0 Å². The zero-order chi connectivity index (χ0) is 40.0. The van der Waals surface area contributed by atoms with Gasteiger partial charge in [0.1, 0.15) is 6.61 Å². The number of quaternary nitrogens is 1. The van der Waals surface area contributed by atoms with Gasteiger partial charge in [0.25, 0.3) is 0 Å². The summed E-state index contributed by atoms with van der Waals surface area (Å²) in [6.45, 7) is 4.50. The first-order chi connectivity index (χ1) is 26.1. The Morgan fingerprint density at radius 2 is 1.09 bits per heavy atom. The van der Waals surface area contributed by atoms with E-state index in [4.69, 9.17) is 14.2 Å². The first kappa shape index (κ1) is 50.8. The van der Waals surface area contributed by atoms with Gasteiger partial charge in [-0.15, -0.1) is 0 Å². The fraction of sp³-hybridized carbons (Fsp3) is 0.674. The fourth-order valence-electron chi connectivity index (χ4n) is 5.59. The van der Waals surface area contributed by atoms with Crippen molar-refractivity contribution in [2.75, 3.05) is 41.0 Å². The molecule has 0 spiro atoms. The van der Waals surface area contributed by atoms with Crippen LogP contribution in [-0.2, 0) is 28.6 Å². The highest BCUT2D eigenvalue weighted by Crippen LogP contribution is 2.12. The minimum atomic E-state index is -0.885. The van der Waals surface area contributed by atoms with Gasteiger partial charge in [0.15, 0.2) is 12.1 Å². The van der Waals surface area contributed by atoms with E-state index < -0.39 is 18.1 Å². The molecule has 0 amide bonds. The first-order valence-electron chi connectivity index (χ1n) is 21.0. The number of carbonyl (C=O) groups excluding carboxylic acids is 2. The van der Waals surface area contributed by atoms with E-state index >= 15 is 0 Å². The van der Waals surface area contributed by atoms with Gasteiger partial charge in [-0.1, -0.05) is 132 Å². The molecule has 0 radical (unpaired) electrons. The number of ether oxygens (including phenoxy) is 3. The summed E-state index contributed by atoms with van der Waals surface area (Å²) in [5.41, 5.74) is 0. The summed E-state index contributed by atoms with van der Waals surface area (Å²) in [6, 6.07) is -0.624. The van der Waals surface area contributed by atoms with Crippen LogP contribution < -0.4 is 0 Å². The van der Waals surface area contributed by atoms with Gasteiger partial charge < -0.3 is 23.8 Å². The Hall–Kier alpha value is -3.23. The van der Waals surface area contributed by atoms with Crippen molar-refractivity contribution >= 4 is 17.9 Å². The van der Waals surface area contributed by atoms with Gasteiger partial charge >= 0.3 is 17.9 Å². The van der Waals surface area contributed by atoms with E-state index in [0.717, 1.165) is 89.9 Å². The number of carbonyl (C=O) groups is 3. The maximum absolute atomic E-state index is 12.6. The second-order valence-corrected chi connectivity index (χ2v) is 14.9. The van der Waals surface area contributed by atoms with E-state index in [-0.39, 0.29) is 42.7 Å². The summed E-state index contributed by atoms with van der Waals surface area (Å²) in [5.74, 6) is -1.53. The normalized spacial score (nSPS) is 13.7. The zero-order valence-corrected chi connectivity index (χ0v) is 34.9. The van der Waals surface area contributed by atoms with E-state index in [1.165, 1.54) is 25.7 Å². The monoisotopic (exact) mass is 757 g/mol. The Morgan fingerprint density at radius 3 is 1.67 bits per heavy atom. The highest BCUT2D eigenvalue weighted by molar-refractivity contribution is 5.72. The van der Waals surface area contributed by atoms with Gasteiger partial charge in [-0.25, -0.2) is 4.79 Å². The van der Waals surface area contributed by atoms with Gasteiger partial charge in [-0.2, -0.15) is 0 Å². The molecule has 0 aliphatic heterocycles. The molecule has 8 nitrogen and oxygen atoms in total. The molecule has 0 heterocycles. The number of carboxylic acids is 1. The lowest BCUT2D eigenvalue weighted by atomic mass is 10.1. The molecule has 2 unspecified atom stereocenters. The van der Waals surface area contributed by atoms with Crippen LogP contribution in [0, 0.1) is 0 Å². The van der Waals surface area contributed by atoms with Crippen LogP contribution >= 0.6 is 0 Å². The number of hydrogen-bond acceptors (Lipinski definition) is 6. The van der Waals surface area contributed by atoms with Gasteiger partial charge in [0.05, 0.1) is 34.4 Å². The lowest BCUT2D eigenvalue weighted by molar-refractivity contribution is -0.887. The summed E-state index contributed by atoms with van der Waals surface area (Å²) in [5, 5.41) is 9.60. The third-order valence-corrected chi connectivity index (χ3v) is 8.87. The Bertz CT molecular complexity index is 1110. The molecule has 0 aromatic carbocycles. The number of likely N-dealkylation sites (N-methyl/N-ethyl adjacent to an activating group) is 1. The maximum atomic E-state index is 12.6. The van der Waals surface area contributed by atoms with Crippen molar-refractivity contribution in [1.29, 1.82) is 0 Å². The number of aliphatic carboxylic acids is 1. The first-order valence-corrected chi connectivity index (χ1v) is 21.0. The molecule has 8 heteroatoms. The number of hydrogen-bond donors (Lipinski definition) is 1. The van der Waals surface area contributed by atoms with E-state index in [0.29, 0.717) is 12.8 Å². The third kappa shape index (κ3) is 34.5. The Kier molecular flexibility index (Phi) is 34.5. The van der Waals surface area contributed by atoms with Crippen LogP contribution in [0.4, 0.5) is 0 Å². The molecule has 0 fully saturated rings. The number of carboxylic acid groups (broad SMARTS) is 1. The van der Waals surface area contributed by atoms with Gasteiger partial charge in [0.2, 0.25) is 0 Å². The minimum absolute atomic E-state index is 0.0417. The molecule has 0 rings (SSSR count). The minimum Gasteiger partial charge on any atom is -0.477 e. The number of nitrogens with zero attached hydrogens (tertiary/aromatic N) is 1. The molecule has 1 N–H and O–H groups in total. The Labute approximate surface area is 330 Å². The molecule has 0 aliphatic carbocycles. The highest BCUT2D eigenvalue weighted by atomic mass is 16.6. The Morgan fingerprint density at radius 1 is 0.593 bits per heavy atom. The molecule has 0 saturated carbocycles. The van der Waals surface area contributed by atoms with Crippen molar-refractivity contribution in [1.82, 2.24) is 0 Å². The van der Waals surface area contributed by atoms with E-state index in [1.807, 2.05) is 21.1 Å². The van der Waals surface area contributed by atoms with Crippen molar-refractivity contribution < 1.29 is 38.2 Å². The van der Waals surface area contributed by atoms with Crippen LogP contribution in [0.15, 0.2) is 72.9 Å². The summed E-state index contributed by atoms with van der Waals surface area (Å²) >= 11 is 0. The van der Waals surface area contributed by atoms with Crippen LogP contribution in [0.5, 0.6) is 0 Å². The summed E-state index contributed by atoms with van der Waals surface area (Å²) in [6.07, 6.45) is 45.2. The van der Waals surface area contributed by atoms with Crippen LogP contribution in [0.2, 0.25) is 0 Å². The molecule has 308 valence electrons. The van der Waals surface area contributed by atoms with Crippen LogP contribution in [0.3, 0.4) is 0 Å². The van der Waals surface area contributed by atoms with Crippen LogP contribution in [-0.4, -0.2) is 80.6 Å². The predicted molar refractivity (Wildman–Crippen MR) is 224 cm³/mol. The Balaban J connectivity index is 4.39. The van der Waals surface area contributed by atoms with E-state index in [9.17, 15) is 19.5 Å². The van der Waals surface area contributed by atoms with Gasteiger partial charge in [-0.3, -0.25) is 9.59 Å². The molecule has 54 heavy (non-hydrogen) atoms.